The van der Waals surface area contributed by atoms with Crippen LogP contribution in [0.25, 0.3) is 10.6 Å². The summed E-state index contributed by atoms with van der Waals surface area (Å²) in [5.74, 6) is -0.818. The van der Waals surface area contributed by atoms with Gasteiger partial charge in [0, 0.05) is 6.07 Å². The molecule has 2 fully saturated rings. The smallest absolute Gasteiger partial charge is 0.331 e. The molecule has 176 valence electrons. The Labute approximate surface area is 192 Å². The summed E-state index contributed by atoms with van der Waals surface area (Å²) in [7, 11) is -2.02. The van der Waals surface area contributed by atoms with Crippen molar-refractivity contribution in [3.8, 4) is 10.6 Å². The lowest BCUT2D eigenvalue weighted by molar-refractivity contribution is -0.200. The van der Waals surface area contributed by atoms with Gasteiger partial charge in [-0.2, -0.15) is 0 Å². The first-order chi connectivity index (χ1) is 14.8. The van der Waals surface area contributed by atoms with Crippen LogP contribution in [0.3, 0.4) is 0 Å². The van der Waals surface area contributed by atoms with Gasteiger partial charge in [0.15, 0.2) is 20.3 Å². The summed E-state index contributed by atoms with van der Waals surface area (Å²) >= 11 is 1.45. The second-order valence-electron chi connectivity index (χ2n) is 10.4. The molecule has 2 aliphatic heterocycles. The van der Waals surface area contributed by atoms with Gasteiger partial charge >= 0.3 is 5.69 Å². The van der Waals surface area contributed by atoms with Crippen molar-refractivity contribution >= 4 is 19.7 Å². The van der Waals surface area contributed by atoms with E-state index >= 15 is 0 Å². The molecule has 8 nitrogen and oxygen atoms in total. The Kier molecular flexibility index (Phi) is 5.92. The molecule has 4 atom stereocenters. The molecule has 0 radical (unpaired) electrons. The summed E-state index contributed by atoms with van der Waals surface area (Å²) in [4.78, 5) is 28.2. The molecule has 32 heavy (non-hydrogen) atoms. The molecule has 2 aromatic heterocycles. The van der Waals surface area contributed by atoms with Crippen molar-refractivity contribution in [1.82, 2.24) is 9.55 Å². The molecule has 10 heteroatoms. The van der Waals surface area contributed by atoms with E-state index in [0.717, 1.165) is 4.88 Å². The molecule has 0 aromatic carbocycles. The average Bonchev–Trinajstić information content (AvgIpc) is 3.35. The van der Waals surface area contributed by atoms with E-state index in [9.17, 15) is 9.59 Å². The number of H-pyrrole nitrogens is 1. The molecule has 4 heterocycles. The molecule has 0 unspecified atom stereocenters. The quantitative estimate of drug-likeness (QED) is 0.656. The van der Waals surface area contributed by atoms with Crippen LogP contribution in [0.4, 0.5) is 0 Å². The Balaban J connectivity index is 1.70. The van der Waals surface area contributed by atoms with Crippen molar-refractivity contribution in [2.75, 3.05) is 6.61 Å². The van der Waals surface area contributed by atoms with E-state index in [4.69, 9.17) is 18.6 Å². The third-order valence-electron chi connectivity index (χ3n) is 6.54. The first-order valence-corrected chi connectivity index (χ1v) is 14.6. The van der Waals surface area contributed by atoms with Gasteiger partial charge in [-0.15, -0.1) is 11.3 Å². The van der Waals surface area contributed by atoms with Gasteiger partial charge in [0.1, 0.15) is 18.3 Å². The zero-order valence-corrected chi connectivity index (χ0v) is 21.4. The van der Waals surface area contributed by atoms with Crippen LogP contribution < -0.4 is 11.2 Å². The molecule has 0 saturated carbocycles. The van der Waals surface area contributed by atoms with E-state index in [1.165, 1.54) is 22.0 Å². The normalized spacial score (nSPS) is 27.6. The Bertz CT molecular complexity index is 1090. The molecule has 2 aromatic rings. The second kappa shape index (κ2) is 8.03. The number of ether oxygens (including phenoxy) is 3. The minimum Gasteiger partial charge on any atom is -0.414 e. The first-order valence-electron chi connectivity index (χ1n) is 10.8. The largest absolute Gasteiger partial charge is 0.414 e. The fraction of sp³-hybridized carbons (Fsp3) is 0.636. The lowest BCUT2D eigenvalue weighted by atomic mass is 10.1. The highest BCUT2D eigenvalue weighted by Crippen LogP contribution is 2.45. The maximum absolute atomic E-state index is 13.0. The molecular weight excluding hydrogens is 448 g/mol. The summed E-state index contributed by atoms with van der Waals surface area (Å²) < 4.78 is 26.6. The average molecular weight is 481 g/mol. The molecule has 4 rings (SSSR count). The third-order valence-corrected chi connectivity index (χ3v) is 11.9. The Morgan fingerprint density at radius 2 is 1.91 bits per heavy atom. The van der Waals surface area contributed by atoms with Gasteiger partial charge in [0.25, 0.3) is 5.56 Å². The minimum atomic E-state index is -2.02. The van der Waals surface area contributed by atoms with Gasteiger partial charge in [-0.05, 0) is 43.4 Å². The summed E-state index contributed by atoms with van der Waals surface area (Å²) in [6.45, 7) is 15.0. The van der Waals surface area contributed by atoms with Crippen LogP contribution >= 0.6 is 11.3 Å². The zero-order valence-electron chi connectivity index (χ0n) is 19.6. The van der Waals surface area contributed by atoms with Gasteiger partial charge in [-0.25, -0.2) is 4.79 Å². The van der Waals surface area contributed by atoms with Crippen molar-refractivity contribution in [2.24, 2.45) is 0 Å². The highest BCUT2D eigenvalue weighted by molar-refractivity contribution is 7.13. The predicted molar refractivity (Wildman–Crippen MR) is 126 cm³/mol. The van der Waals surface area contributed by atoms with Crippen LogP contribution in [0.1, 0.15) is 40.8 Å². The molecule has 0 spiro atoms. The SMILES string of the molecule is CC1(C)O[C@@H]2[C@H](O1)[C@@H](CO[Si](C)(C)C(C)(C)C)O[C@H]2n1c(-c2cccs2)cc(=O)[nH]c1=O. The number of aromatic nitrogens is 2. The second-order valence-corrected chi connectivity index (χ2v) is 16.1. The lowest BCUT2D eigenvalue weighted by Crippen LogP contribution is -2.44. The molecule has 0 amide bonds. The Morgan fingerprint density at radius 1 is 1.22 bits per heavy atom. The van der Waals surface area contributed by atoms with Crippen molar-refractivity contribution in [1.29, 1.82) is 0 Å². The number of thiophene rings is 1. The molecule has 0 bridgehead atoms. The molecule has 2 saturated heterocycles. The highest BCUT2D eigenvalue weighted by Gasteiger charge is 2.57. The number of hydrogen-bond donors (Lipinski definition) is 1. The number of nitrogens with one attached hydrogen (secondary N) is 1. The topological polar surface area (TPSA) is 91.8 Å². The molecule has 1 N–H and O–H groups in total. The minimum absolute atomic E-state index is 0.0545. The van der Waals surface area contributed by atoms with Gasteiger partial charge < -0.3 is 18.6 Å². The Hall–Kier alpha value is -1.56. The van der Waals surface area contributed by atoms with Crippen LogP contribution in [0.15, 0.2) is 33.2 Å². The lowest BCUT2D eigenvalue weighted by Gasteiger charge is -2.37. The summed E-state index contributed by atoms with van der Waals surface area (Å²) in [5.41, 5.74) is -0.494. The van der Waals surface area contributed by atoms with E-state index in [1.807, 2.05) is 31.4 Å². The van der Waals surface area contributed by atoms with Crippen LogP contribution in [0.2, 0.25) is 18.1 Å². The van der Waals surface area contributed by atoms with Crippen molar-refractivity contribution < 1.29 is 18.6 Å². The van der Waals surface area contributed by atoms with Gasteiger partial charge in [0.2, 0.25) is 0 Å². The van der Waals surface area contributed by atoms with Crippen LogP contribution in [0.5, 0.6) is 0 Å². The zero-order chi connectivity index (χ0) is 23.5. The number of nitrogens with zero attached hydrogens (tertiary/aromatic N) is 1. The van der Waals surface area contributed by atoms with Gasteiger partial charge in [-0.3, -0.25) is 14.3 Å². The molecule has 2 aliphatic rings. The third kappa shape index (κ3) is 4.31. The number of hydrogen-bond acceptors (Lipinski definition) is 7. The Morgan fingerprint density at radius 3 is 2.53 bits per heavy atom. The van der Waals surface area contributed by atoms with Crippen molar-refractivity contribution in [3.63, 3.8) is 0 Å². The maximum atomic E-state index is 13.0. The van der Waals surface area contributed by atoms with Crippen molar-refractivity contribution in [3.05, 3.63) is 44.4 Å². The summed E-state index contributed by atoms with van der Waals surface area (Å²) in [6.07, 6.45) is -2.07. The van der Waals surface area contributed by atoms with Crippen LogP contribution in [-0.4, -0.2) is 48.6 Å². The van der Waals surface area contributed by atoms with Crippen LogP contribution in [-0.2, 0) is 18.6 Å². The van der Waals surface area contributed by atoms with E-state index < -0.39 is 49.9 Å². The number of rotatable bonds is 5. The molecular formula is C22H32N2O6SSi. The van der Waals surface area contributed by atoms with E-state index in [1.54, 1.807) is 0 Å². The van der Waals surface area contributed by atoms with Crippen molar-refractivity contribution in [2.45, 2.75) is 83.1 Å². The van der Waals surface area contributed by atoms with E-state index in [2.05, 4.69) is 38.8 Å². The standard InChI is InChI=1S/C22H32N2O6SSi/c1-21(2,3)32(6,7)27-12-14-17-18(30-22(4,5)29-17)19(28-14)24-13(15-9-8-10-31-15)11-16(25)23-20(24)26/h8-11,14,17-19H,12H2,1-7H3,(H,23,25,26)/t14-,17-,18-,19-/m1/s1. The number of fused-ring (bicyclic) bond motifs is 1. The monoisotopic (exact) mass is 480 g/mol. The van der Waals surface area contributed by atoms with Gasteiger partial charge in [0.05, 0.1) is 17.2 Å². The van der Waals surface area contributed by atoms with E-state index in [0.29, 0.717) is 12.3 Å². The van der Waals surface area contributed by atoms with E-state index in [-0.39, 0.29) is 5.04 Å². The van der Waals surface area contributed by atoms with Gasteiger partial charge in [-0.1, -0.05) is 26.8 Å². The molecule has 0 aliphatic carbocycles. The first kappa shape index (κ1) is 23.6. The fourth-order valence-electron chi connectivity index (χ4n) is 3.88. The van der Waals surface area contributed by atoms with Crippen LogP contribution in [0, 0.1) is 0 Å². The fourth-order valence-corrected chi connectivity index (χ4v) is 5.63. The highest BCUT2D eigenvalue weighted by atomic mass is 32.1. The predicted octanol–water partition coefficient (Wildman–Crippen LogP) is 3.70. The summed E-state index contributed by atoms with van der Waals surface area (Å²) in [6, 6.07) is 5.17. The number of aromatic amines is 1. The summed E-state index contributed by atoms with van der Waals surface area (Å²) in [5, 5.41) is 1.96. The maximum Gasteiger partial charge on any atom is 0.331 e.